The molecule has 1 fully saturated rings. The van der Waals surface area contributed by atoms with Crippen LogP contribution in [0.1, 0.15) is 62.4 Å². The molecular weight excluding hydrogens is 648 g/mol. The molecule has 0 aliphatic carbocycles. The van der Waals surface area contributed by atoms with Crippen LogP contribution >= 0.6 is 0 Å². The van der Waals surface area contributed by atoms with Gasteiger partial charge in [0, 0.05) is 29.5 Å². The lowest BCUT2D eigenvalue weighted by molar-refractivity contribution is -0.133. The number of H-pyrrole nitrogens is 1. The molecule has 1 aliphatic heterocycles. The number of aryl methyl sites for hydroxylation is 1. The summed E-state index contributed by atoms with van der Waals surface area (Å²) >= 11 is 0. The molecule has 1 unspecified atom stereocenters. The average molecular weight is 691 g/mol. The largest absolute Gasteiger partial charge is 0.493 e. The van der Waals surface area contributed by atoms with E-state index in [9.17, 15) is 22.8 Å². The maximum absolute atomic E-state index is 14.8. The SMILES string of the molecule is CCc1c[nH]c(=O)c2cc(NC(C(=O)N3CCC[C@@H]3c3cc(NC(=O)OC)ccc3S(=O)(=O)C(C)C)c3ccc(OC)c(OC)c3)ccc12. The van der Waals surface area contributed by atoms with Crippen LogP contribution in [0.5, 0.6) is 11.5 Å². The second-order valence-electron chi connectivity index (χ2n) is 12.1. The second kappa shape index (κ2) is 14.6. The molecule has 2 heterocycles. The van der Waals surface area contributed by atoms with Gasteiger partial charge in [0.15, 0.2) is 21.3 Å². The molecule has 2 amide bonds. The number of aromatic nitrogens is 1. The molecule has 0 saturated carbocycles. The van der Waals surface area contributed by atoms with Crippen molar-refractivity contribution in [3.8, 4) is 11.5 Å². The third-order valence-corrected chi connectivity index (χ3v) is 11.2. The molecule has 12 nitrogen and oxygen atoms in total. The third kappa shape index (κ3) is 7.07. The van der Waals surface area contributed by atoms with Crippen LogP contribution in [0.2, 0.25) is 0 Å². The fraction of sp³-hybridized carbons (Fsp3) is 0.361. The van der Waals surface area contributed by atoms with E-state index < -0.39 is 33.3 Å². The number of benzene rings is 3. The lowest BCUT2D eigenvalue weighted by atomic mass is 10.00. The Morgan fingerprint density at radius 1 is 0.959 bits per heavy atom. The molecule has 3 N–H and O–H groups in total. The zero-order valence-corrected chi connectivity index (χ0v) is 29.3. The molecule has 0 spiro atoms. The molecule has 1 aromatic heterocycles. The average Bonchev–Trinajstić information content (AvgIpc) is 3.60. The minimum Gasteiger partial charge on any atom is -0.493 e. The lowest BCUT2D eigenvalue weighted by Crippen LogP contribution is -2.38. The number of rotatable bonds is 11. The van der Waals surface area contributed by atoms with Crippen LogP contribution in [0.3, 0.4) is 0 Å². The summed E-state index contributed by atoms with van der Waals surface area (Å²) in [6.45, 7) is 5.58. The number of fused-ring (bicyclic) bond motifs is 1. The predicted octanol–water partition coefficient (Wildman–Crippen LogP) is 5.99. The first kappa shape index (κ1) is 35.3. The van der Waals surface area contributed by atoms with Gasteiger partial charge in [0.25, 0.3) is 5.56 Å². The molecule has 3 aromatic carbocycles. The molecule has 4 aromatic rings. The zero-order chi connectivity index (χ0) is 35.5. The second-order valence-corrected chi connectivity index (χ2v) is 14.6. The van der Waals surface area contributed by atoms with E-state index in [2.05, 4.69) is 15.6 Å². The number of sulfone groups is 1. The Morgan fingerprint density at radius 3 is 2.37 bits per heavy atom. The van der Waals surface area contributed by atoms with Gasteiger partial charge in [-0.2, -0.15) is 0 Å². The number of methoxy groups -OCH3 is 3. The summed E-state index contributed by atoms with van der Waals surface area (Å²) in [6.07, 6.45) is 2.86. The molecule has 1 aliphatic rings. The van der Waals surface area contributed by atoms with Gasteiger partial charge >= 0.3 is 6.09 Å². The summed E-state index contributed by atoms with van der Waals surface area (Å²) in [5.41, 5.74) is 2.60. The van der Waals surface area contributed by atoms with Crippen molar-refractivity contribution in [2.45, 2.75) is 62.3 Å². The van der Waals surface area contributed by atoms with Crippen molar-refractivity contribution in [1.29, 1.82) is 0 Å². The number of nitrogens with zero attached hydrogens (tertiary/aromatic N) is 1. The Bertz CT molecular complexity index is 2040. The minimum atomic E-state index is -3.77. The molecule has 260 valence electrons. The Morgan fingerprint density at radius 2 is 1.69 bits per heavy atom. The normalized spacial score (nSPS) is 15.2. The number of nitrogens with one attached hydrogen (secondary N) is 3. The molecule has 0 bridgehead atoms. The zero-order valence-electron chi connectivity index (χ0n) is 28.5. The predicted molar refractivity (Wildman–Crippen MR) is 188 cm³/mol. The van der Waals surface area contributed by atoms with Crippen LogP contribution < -0.4 is 25.7 Å². The van der Waals surface area contributed by atoms with E-state index >= 15 is 0 Å². The summed E-state index contributed by atoms with van der Waals surface area (Å²) < 4.78 is 43.0. The maximum Gasteiger partial charge on any atom is 0.411 e. The summed E-state index contributed by atoms with van der Waals surface area (Å²) in [7, 11) is 0.497. The highest BCUT2D eigenvalue weighted by Gasteiger charge is 2.38. The highest BCUT2D eigenvalue weighted by molar-refractivity contribution is 7.92. The standard InChI is InChI=1S/C36H42N4O8S/c1-7-22-20-37-34(41)27-18-24(11-13-26(22)27)38-33(23-10-14-30(46-4)31(17-23)47-5)35(42)40-16-8-9-29(40)28-19-25(39-36(43)48-6)12-15-32(28)49(44,45)21(2)3/h10-15,17-21,29,33,38H,7-9,16H2,1-6H3,(H,37,41)(H,39,43)/t29-,33?/m1/s1. The Hall–Kier alpha value is -5.04. The molecule has 0 radical (unpaired) electrons. The summed E-state index contributed by atoms with van der Waals surface area (Å²) in [5.74, 6) is 0.594. The van der Waals surface area contributed by atoms with Crippen molar-refractivity contribution >= 4 is 44.0 Å². The number of ether oxygens (including phenoxy) is 3. The Labute approximate surface area is 285 Å². The van der Waals surface area contributed by atoms with Crippen molar-refractivity contribution < 1.29 is 32.2 Å². The molecule has 13 heteroatoms. The van der Waals surface area contributed by atoms with E-state index in [0.29, 0.717) is 58.8 Å². The number of likely N-dealkylation sites (tertiary alicyclic amines) is 1. The number of amides is 2. The summed E-state index contributed by atoms with van der Waals surface area (Å²) in [6, 6.07) is 13.6. The summed E-state index contributed by atoms with van der Waals surface area (Å²) in [5, 5.41) is 6.57. The van der Waals surface area contributed by atoms with Crippen molar-refractivity contribution in [3.05, 3.63) is 87.8 Å². The first-order valence-corrected chi connectivity index (χ1v) is 17.6. The first-order chi connectivity index (χ1) is 23.4. The van der Waals surface area contributed by atoms with E-state index in [0.717, 1.165) is 17.4 Å². The van der Waals surface area contributed by atoms with Crippen molar-refractivity contribution in [1.82, 2.24) is 9.88 Å². The third-order valence-electron chi connectivity index (χ3n) is 8.93. The van der Waals surface area contributed by atoms with Crippen LogP contribution in [0.25, 0.3) is 10.8 Å². The van der Waals surface area contributed by atoms with E-state index in [4.69, 9.17) is 14.2 Å². The van der Waals surface area contributed by atoms with Crippen LogP contribution in [0.4, 0.5) is 16.2 Å². The summed E-state index contributed by atoms with van der Waals surface area (Å²) in [4.78, 5) is 44.3. The van der Waals surface area contributed by atoms with Crippen LogP contribution in [-0.2, 0) is 25.8 Å². The van der Waals surface area contributed by atoms with Gasteiger partial charge in [0.1, 0.15) is 6.04 Å². The van der Waals surface area contributed by atoms with E-state index in [1.54, 1.807) is 55.3 Å². The minimum absolute atomic E-state index is 0.0960. The first-order valence-electron chi connectivity index (χ1n) is 16.1. The van der Waals surface area contributed by atoms with Gasteiger partial charge in [-0.15, -0.1) is 0 Å². The van der Waals surface area contributed by atoms with Gasteiger partial charge in [-0.3, -0.25) is 14.9 Å². The number of aromatic amines is 1. The molecule has 5 rings (SSSR count). The van der Waals surface area contributed by atoms with Crippen LogP contribution in [-0.4, -0.2) is 63.4 Å². The van der Waals surface area contributed by atoms with Gasteiger partial charge in [-0.1, -0.05) is 19.1 Å². The topological polar surface area (TPSA) is 156 Å². The molecular formula is C36H42N4O8S. The smallest absolute Gasteiger partial charge is 0.411 e. The Kier molecular flexibility index (Phi) is 10.5. The monoisotopic (exact) mass is 690 g/mol. The molecule has 49 heavy (non-hydrogen) atoms. The fourth-order valence-corrected chi connectivity index (χ4v) is 7.57. The van der Waals surface area contributed by atoms with Crippen LogP contribution in [0.15, 0.2) is 70.5 Å². The fourth-order valence-electron chi connectivity index (χ4n) is 6.28. The van der Waals surface area contributed by atoms with Gasteiger partial charge in [-0.05, 0) is 97.7 Å². The number of hydrogen-bond acceptors (Lipinski definition) is 9. The number of hydrogen-bond donors (Lipinski definition) is 3. The van der Waals surface area contributed by atoms with E-state index in [1.807, 2.05) is 19.1 Å². The number of carbonyl (C=O) groups is 2. The highest BCUT2D eigenvalue weighted by Crippen LogP contribution is 2.41. The van der Waals surface area contributed by atoms with Gasteiger partial charge in [0.05, 0.1) is 37.5 Å². The van der Waals surface area contributed by atoms with Crippen molar-refractivity contribution in [2.24, 2.45) is 0 Å². The van der Waals surface area contributed by atoms with Crippen molar-refractivity contribution in [3.63, 3.8) is 0 Å². The van der Waals surface area contributed by atoms with E-state index in [-0.39, 0.29) is 16.4 Å². The maximum atomic E-state index is 14.8. The molecule has 2 atom stereocenters. The number of pyridine rings is 1. The quantitative estimate of drug-likeness (QED) is 0.172. The van der Waals surface area contributed by atoms with Crippen molar-refractivity contribution in [2.75, 3.05) is 38.5 Å². The van der Waals surface area contributed by atoms with Gasteiger partial charge in [0.2, 0.25) is 5.91 Å². The van der Waals surface area contributed by atoms with Gasteiger partial charge in [-0.25, -0.2) is 13.2 Å². The van der Waals surface area contributed by atoms with Crippen LogP contribution in [0, 0.1) is 0 Å². The highest BCUT2D eigenvalue weighted by atomic mass is 32.2. The van der Waals surface area contributed by atoms with E-state index in [1.165, 1.54) is 33.5 Å². The number of anilines is 2. The lowest BCUT2D eigenvalue weighted by Gasteiger charge is -2.32. The number of carbonyl (C=O) groups excluding carboxylic acids is 2. The van der Waals surface area contributed by atoms with Gasteiger partial charge < -0.3 is 29.4 Å². The Balaban J connectivity index is 1.62. The molecule has 1 saturated heterocycles.